The molecular weight excluding hydrogens is 364 g/mol. The fraction of sp³-hybridized carbons (Fsp3) is 0.720. The Balaban J connectivity index is 0.000000687. The van der Waals surface area contributed by atoms with Crippen LogP contribution in [-0.4, -0.2) is 24.6 Å². The van der Waals surface area contributed by atoms with Gasteiger partial charge in [0.2, 0.25) is 0 Å². The molecule has 4 heteroatoms. The normalized spacial score (nSPS) is 34.2. The van der Waals surface area contributed by atoms with Crippen LogP contribution in [0.4, 0.5) is 0 Å². The molecule has 29 heavy (non-hydrogen) atoms. The molecule has 4 nitrogen and oxygen atoms in total. The zero-order valence-corrected chi connectivity index (χ0v) is 19.5. The molecule has 0 amide bonds. The number of carbonyl (C=O) groups is 2. The predicted molar refractivity (Wildman–Crippen MR) is 114 cm³/mol. The summed E-state index contributed by atoms with van der Waals surface area (Å²) in [6.07, 6.45) is 10.7. The number of Topliss-reactive ketones (excluding diaryl/α,β-unsaturated/α-hetero) is 1. The van der Waals surface area contributed by atoms with Gasteiger partial charge >= 0.3 is 5.78 Å². The monoisotopic (exact) mass is 402 g/mol. The molecule has 0 heterocycles. The van der Waals surface area contributed by atoms with Crippen molar-refractivity contribution >= 4 is 17.5 Å². The Morgan fingerprint density at radius 3 is 2.24 bits per heavy atom. The van der Waals surface area contributed by atoms with Crippen molar-refractivity contribution in [3.8, 4) is 0 Å². The molecule has 0 spiro atoms. The van der Waals surface area contributed by atoms with Crippen LogP contribution in [0.1, 0.15) is 80.6 Å². The summed E-state index contributed by atoms with van der Waals surface area (Å²) in [7, 11) is 1.72. The van der Waals surface area contributed by atoms with Crippen LogP contribution in [0.25, 0.3) is 0 Å². The molecule has 3 aliphatic rings. The van der Waals surface area contributed by atoms with E-state index in [9.17, 15) is 4.79 Å². The van der Waals surface area contributed by atoms with Gasteiger partial charge in [-0.05, 0) is 73.3 Å². The Morgan fingerprint density at radius 1 is 1.17 bits per heavy atom. The van der Waals surface area contributed by atoms with Crippen molar-refractivity contribution in [1.82, 2.24) is 0 Å². The Kier molecular flexibility index (Phi) is 6.66. The summed E-state index contributed by atoms with van der Waals surface area (Å²) >= 11 is 0. The zero-order valence-electron chi connectivity index (χ0n) is 19.5. The highest BCUT2D eigenvalue weighted by molar-refractivity contribution is 6.15. The number of ketones is 2. The van der Waals surface area contributed by atoms with Crippen LogP contribution in [-0.2, 0) is 14.0 Å². The van der Waals surface area contributed by atoms with Crippen molar-refractivity contribution in [3.63, 3.8) is 0 Å². The van der Waals surface area contributed by atoms with Gasteiger partial charge in [-0.25, -0.2) is 0 Å². The SMILES string of the molecule is CC(=O)[O-].C[O+]=C1C=C2C(=CC1(C(C)=O)C(C)C)CCC1C(C)(C)CCCC21C. The first-order chi connectivity index (χ1) is 13.3. The van der Waals surface area contributed by atoms with Gasteiger partial charge in [0.15, 0.2) is 11.2 Å². The minimum Gasteiger partial charge on any atom is -0.550 e. The van der Waals surface area contributed by atoms with E-state index in [1.54, 1.807) is 14.0 Å². The van der Waals surface area contributed by atoms with Crippen LogP contribution in [0.5, 0.6) is 0 Å². The molecule has 2 fully saturated rings. The predicted octanol–water partition coefficient (Wildman–Crippen LogP) is 4.20. The molecule has 0 aliphatic heterocycles. The Hall–Kier alpha value is -1.71. The first kappa shape index (κ1) is 23.6. The largest absolute Gasteiger partial charge is 0.550 e. The van der Waals surface area contributed by atoms with E-state index in [0.29, 0.717) is 11.3 Å². The minimum atomic E-state index is -1.08. The number of carboxylic acid groups (broad SMARTS) is 1. The molecule has 2 saturated carbocycles. The number of rotatable bonds is 2. The maximum absolute atomic E-state index is 12.7. The van der Waals surface area contributed by atoms with Crippen LogP contribution in [0.15, 0.2) is 23.3 Å². The molecule has 0 saturated heterocycles. The van der Waals surface area contributed by atoms with Crippen molar-refractivity contribution in [2.45, 2.75) is 80.6 Å². The van der Waals surface area contributed by atoms with Gasteiger partial charge < -0.3 is 9.90 Å². The van der Waals surface area contributed by atoms with Crippen molar-refractivity contribution in [2.24, 2.45) is 28.1 Å². The van der Waals surface area contributed by atoms with E-state index in [-0.39, 0.29) is 17.1 Å². The van der Waals surface area contributed by atoms with Crippen LogP contribution in [0.3, 0.4) is 0 Å². The number of carboxylic acids is 1. The van der Waals surface area contributed by atoms with Crippen LogP contribution in [0, 0.1) is 28.1 Å². The van der Waals surface area contributed by atoms with E-state index in [2.05, 4.69) is 46.8 Å². The molecule has 0 bridgehead atoms. The second-order valence-electron chi connectivity index (χ2n) is 10.2. The lowest BCUT2D eigenvalue weighted by atomic mass is 9.48. The molecule has 0 N–H and O–H groups in total. The summed E-state index contributed by atoms with van der Waals surface area (Å²) in [5, 5.41) is 8.89. The van der Waals surface area contributed by atoms with Gasteiger partial charge in [-0.15, -0.1) is 0 Å². The third-order valence-corrected chi connectivity index (χ3v) is 7.69. The van der Waals surface area contributed by atoms with E-state index in [0.717, 1.165) is 19.1 Å². The van der Waals surface area contributed by atoms with E-state index in [1.807, 2.05) is 0 Å². The lowest BCUT2D eigenvalue weighted by Crippen LogP contribution is -2.49. The highest BCUT2D eigenvalue weighted by Gasteiger charge is 2.56. The van der Waals surface area contributed by atoms with E-state index >= 15 is 0 Å². The smallest absolute Gasteiger partial charge is 0.336 e. The molecule has 3 aliphatic carbocycles. The fourth-order valence-electron chi connectivity index (χ4n) is 6.32. The third-order valence-electron chi connectivity index (χ3n) is 7.69. The summed E-state index contributed by atoms with van der Waals surface area (Å²) < 4.78 is 5.83. The lowest BCUT2D eigenvalue weighted by molar-refractivity contribution is -0.423. The Bertz CT molecular complexity index is 764. The first-order valence-corrected chi connectivity index (χ1v) is 10.9. The minimum absolute atomic E-state index is 0.193. The van der Waals surface area contributed by atoms with E-state index in [1.165, 1.54) is 36.8 Å². The second kappa shape index (κ2) is 8.20. The molecule has 0 aromatic heterocycles. The molecule has 162 valence electrons. The molecule has 0 aromatic rings. The van der Waals surface area contributed by atoms with Gasteiger partial charge in [-0.1, -0.05) is 47.1 Å². The standard InChI is InChI=1S/C23H35O2.C2H4O2/c1-15(2)23(16(3)24)14-17-9-10-19-21(4,5)11-8-12-22(19,6)18(17)13-20(23)25-7;1-2(3)4/h13-15,19H,8-12H2,1-7H3;1H3,(H,3,4)/q+1;/p-1. The number of fused-ring (bicyclic) bond motifs is 3. The average molecular weight is 403 g/mol. The molecule has 3 rings (SSSR count). The van der Waals surface area contributed by atoms with Gasteiger partial charge in [0.1, 0.15) is 0 Å². The molecule has 3 atom stereocenters. The van der Waals surface area contributed by atoms with Crippen LogP contribution in [0.2, 0.25) is 0 Å². The molecule has 0 radical (unpaired) electrons. The summed E-state index contributed by atoms with van der Waals surface area (Å²) in [6, 6.07) is 0. The summed E-state index contributed by atoms with van der Waals surface area (Å²) in [4.78, 5) is 21.6. The highest BCUT2D eigenvalue weighted by atomic mass is 16.4. The second-order valence-corrected chi connectivity index (χ2v) is 10.2. The number of allylic oxidation sites excluding steroid dienone is 4. The van der Waals surface area contributed by atoms with Gasteiger partial charge in [0.05, 0.1) is 0 Å². The van der Waals surface area contributed by atoms with Crippen LogP contribution >= 0.6 is 0 Å². The van der Waals surface area contributed by atoms with Gasteiger partial charge in [0.25, 0.3) is 7.11 Å². The maximum Gasteiger partial charge on any atom is 0.336 e. The van der Waals surface area contributed by atoms with Crippen molar-refractivity contribution < 1.29 is 19.1 Å². The quantitative estimate of drug-likeness (QED) is 0.513. The number of aliphatic carboxylic acids is 1. The average Bonchev–Trinajstić information content (AvgIpc) is 2.58. The topological polar surface area (TPSA) is 68.5 Å². The Morgan fingerprint density at radius 2 is 1.76 bits per heavy atom. The molecular formula is C25H38O4. The van der Waals surface area contributed by atoms with Crippen molar-refractivity contribution in [2.75, 3.05) is 7.11 Å². The number of carbonyl (C=O) groups excluding carboxylic acids is 3. The summed E-state index contributed by atoms with van der Waals surface area (Å²) in [5.41, 5.74) is 2.85. The highest BCUT2D eigenvalue weighted by Crippen LogP contribution is 2.62. The number of hydrogen-bond donors (Lipinski definition) is 0. The van der Waals surface area contributed by atoms with E-state index in [4.69, 9.17) is 14.3 Å². The molecule has 3 unspecified atom stereocenters. The molecule has 0 aromatic carbocycles. The summed E-state index contributed by atoms with van der Waals surface area (Å²) in [6.45, 7) is 14.3. The van der Waals surface area contributed by atoms with Gasteiger partial charge in [0, 0.05) is 12.0 Å². The maximum atomic E-state index is 12.7. The lowest BCUT2D eigenvalue weighted by Gasteiger charge is -2.56. The number of hydrogen-bond acceptors (Lipinski definition) is 3. The first-order valence-electron chi connectivity index (χ1n) is 10.9. The fourth-order valence-corrected chi connectivity index (χ4v) is 6.32. The van der Waals surface area contributed by atoms with Gasteiger partial charge in [-0.2, -0.15) is 0 Å². The summed E-state index contributed by atoms with van der Waals surface area (Å²) in [5.74, 6) is 0.857. The van der Waals surface area contributed by atoms with Crippen LogP contribution < -0.4 is 5.11 Å². The Labute approximate surface area is 176 Å². The van der Waals surface area contributed by atoms with Crippen molar-refractivity contribution in [3.05, 3.63) is 23.3 Å². The van der Waals surface area contributed by atoms with Gasteiger partial charge in [-0.3, -0.25) is 9.22 Å². The zero-order chi connectivity index (χ0) is 22.2. The van der Waals surface area contributed by atoms with Crippen molar-refractivity contribution in [1.29, 1.82) is 0 Å². The third kappa shape index (κ3) is 4.00. The van der Waals surface area contributed by atoms with E-state index < -0.39 is 11.4 Å².